The molecule has 1 atom stereocenters. The number of carbonyl (C=O) groups excluding carboxylic acids is 3. The van der Waals surface area contributed by atoms with Gasteiger partial charge in [0.05, 0.1) is 24.7 Å². The molecule has 4 aromatic rings. The van der Waals surface area contributed by atoms with E-state index in [2.05, 4.69) is 64.8 Å². The number of anilines is 5. The zero-order valence-corrected chi connectivity index (χ0v) is 36.6. The van der Waals surface area contributed by atoms with Gasteiger partial charge in [-0.25, -0.2) is 9.78 Å². The first kappa shape index (κ1) is 42.5. The lowest BCUT2D eigenvalue weighted by molar-refractivity contribution is -0.136. The Bertz CT molecular complexity index is 2390. The van der Waals surface area contributed by atoms with E-state index in [4.69, 9.17) is 16.3 Å². The topological polar surface area (TPSA) is 152 Å². The van der Waals surface area contributed by atoms with Crippen molar-refractivity contribution in [3.63, 3.8) is 0 Å². The number of methoxy groups -OCH3 is 1. The molecule has 320 valence electrons. The minimum absolute atomic E-state index is 0.265. The van der Waals surface area contributed by atoms with Gasteiger partial charge in [-0.1, -0.05) is 41.9 Å². The quantitative estimate of drug-likeness (QED) is 0.0834. The molecule has 1 aromatic heterocycles. The largest absolute Gasteiger partial charge is 0.494 e. The van der Waals surface area contributed by atoms with Gasteiger partial charge in [0, 0.05) is 80.9 Å². The van der Waals surface area contributed by atoms with E-state index in [1.807, 2.05) is 47.4 Å². The van der Waals surface area contributed by atoms with Gasteiger partial charge in [0.15, 0.2) is 11.8 Å². The number of ether oxygens (including phenoxy) is 1. The van der Waals surface area contributed by atoms with Crippen molar-refractivity contribution in [2.45, 2.75) is 57.2 Å². The number of hydrogen-bond donors (Lipinski definition) is 3. The summed E-state index contributed by atoms with van der Waals surface area (Å²) in [5, 5.41) is 10.0. The molecule has 0 spiro atoms. The van der Waals surface area contributed by atoms with Crippen LogP contribution in [-0.4, -0.2) is 121 Å². The van der Waals surface area contributed by atoms with Crippen molar-refractivity contribution in [3.8, 4) is 5.75 Å². The lowest BCUT2D eigenvalue weighted by Crippen LogP contribution is -2.53. The lowest BCUT2D eigenvalue weighted by Gasteiger charge is -2.43. The average Bonchev–Trinajstić information content (AvgIpc) is 3.64. The summed E-state index contributed by atoms with van der Waals surface area (Å²) in [5.74, 6) is 2.92. The Morgan fingerprint density at radius 3 is 2.48 bits per heavy atom. The third kappa shape index (κ3) is 9.49. The van der Waals surface area contributed by atoms with E-state index >= 15 is 0 Å². The van der Waals surface area contributed by atoms with Crippen LogP contribution in [0.25, 0.3) is 5.70 Å². The van der Waals surface area contributed by atoms with E-state index < -0.39 is 13.2 Å². The van der Waals surface area contributed by atoms with Crippen LogP contribution in [-0.2, 0) is 31.9 Å². The normalized spacial score (nSPS) is 19.1. The predicted molar refractivity (Wildman–Crippen MR) is 241 cm³/mol. The maximum atomic E-state index is 12.9. The second-order valence-electron chi connectivity index (χ2n) is 16.6. The number of nitrogens with zero attached hydrogens (tertiary/aromatic N) is 6. The van der Waals surface area contributed by atoms with Crippen LogP contribution in [0.3, 0.4) is 0 Å². The van der Waals surface area contributed by atoms with Gasteiger partial charge in [0.1, 0.15) is 29.7 Å². The van der Waals surface area contributed by atoms with Crippen LogP contribution in [0.5, 0.6) is 5.75 Å². The van der Waals surface area contributed by atoms with Crippen LogP contribution in [0.2, 0.25) is 5.02 Å². The molecular weight excluding hydrogens is 813 g/mol. The van der Waals surface area contributed by atoms with Crippen LogP contribution in [0.15, 0.2) is 66.9 Å². The molecule has 3 fully saturated rings. The number of imide groups is 1. The summed E-state index contributed by atoms with van der Waals surface area (Å²) >= 11 is 6.49. The smallest absolute Gasteiger partial charge is 0.249 e. The monoisotopic (exact) mass is 865 g/mol. The number of piperazine rings is 1. The maximum absolute atomic E-state index is 12.9. The van der Waals surface area contributed by atoms with E-state index in [0.29, 0.717) is 52.9 Å². The Labute approximate surface area is 362 Å². The third-order valence-corrected chi connectivity index (χ3v) is 14.2. The SMILES string of the molecule is COc1cc(N2CCC(N3CCN(CCCc4cccc5c4CN(C4CCC(=O)NC4=O)C5=C=O)CC3)CC2)ccc1Nc1ncc(Cl)c(Nc2ccccc2P(C)(C)=O)n1. The minimum atomic E-state index is -2.55. The Kier molecular flexibility index (Phi) is 12.8. The van der Waals surface area contributed by atoms with Crippen molar-refractivity contribution in [1.82, 2.24) is 30.0 Å². The fourth-order valence-electron chi connectivity index (χ4n) is 9.17. The number of benzene rings is 3. The first-order chi connectivity index (χ1) is 29.5. The summed E-state index contributed by atoms with van der Waals surface area (Å²) in [4.78, 5) is 55.0. The van der Waals surface area contributed by atoms with Gasteiger partial charge in [0.25, 0.3) is 0 Å². The molecule has 61 heavy (non-hydrogen) atoms. The highest BCUT2D eigenvalue weighted by molar-refractivity contribution is 7.70. The van der Waals surface area contributed by atoms with Gasteiger partial charge >= 0.3 is 0 Å². The molecule has 16 heteroatoms. The molecule has 14 nitrogen and oxygen atoms in total. The van der Waals surface area contributed by atoms with E-state index in [1.54, 1.807) is 20.4 Å². The Balaban J connectivity index is 0.805. The summed E-state index contributed by atoms with van der Waals surface area (Å²) in [5.41, 5.74) is 6.09. The first-order valence-electron chi connectivity index (χ1n) is 21.1. The van der Waals surface area contributed by atoms with E-state index in [1.165, 1.54) is 11.8 Å². The molecule has 2 amide bonds. The van der Waals surface area contributed by atoms with E-state index in [-0.39, 0.29) is 18.2 Å². The van der Waals surface area contributed by atoms with E-state index in [0.717, 1.165) is 99.3 Å². The highest BCUT2D eigenvalue weighted by atomic mass is 35.5. The number of aromatic nitrogens is 2. The zero-order chi connectivity index (χ0) is 42.7. The van der Waals surface area contributed by atoms with Gasteiger partial charge < -0.3 is 34.6 Å². The summed E-state index contributed by atoms with van der Waals surface area (Å²) in [6.07, 6.45) is 6.30. The number of rotatable bonds is 13. The Hall–Kier alpha value is -5.23. The van der Waals surface area contributed by atoms with Crippen molar-refractivity contribution in [2.75, 3.05) is 81.8 Å². The number of piperidine rings is 2. The molecule has 0 saturated carbocycles. The fraction of sp³-hybridized carbons (Fsp3) is 0.422. The molecule has 0 aliphatic carbocycles. The number of carbonyl (C=O) groups is 2. The molecule has 0 radical (unpaired) electrons. The van der Waals surface area contributed by atoms with Crippen LogP contribution in [0.1, 0.15) is 48.8 Å². The van der Waals surface area contributed by atoms with Crippen molar-refractivity contribution in [3.05, 3.63) is 88.6 Å². The summed E-state index contributed by atoms with van der Waals surface area (Å²) in [6.45, 7) is 11.1. The standard InChI is InChI=1S/C45H53ClN9O5P/c1-60-40-26-32(13-14-36(40)49-45-47-27-35(46)43(51-45)48-37-11-4-5-12-41(37)61(2,3)59)53-20-17-31(18-21-53)54-24-22-52(23-25-54)19-7-9-30-8-6-10-33-34(30)28-55(39(33)29-56)38-15-16-42(57)50-44(38)58/h4-6,8,10-14,26-27,31,38H,7,9,15-25,28H2,1-3H3,(H,50,57,58)(H2,47,48,49,51). The van der Waals surface area contributed by atoms with Crippen molar-refractivity contribution >= 4 is 76.3 Å². The summed E-state index contributed by atoms with van der Waals surface area (Å²) < 4.78 is 18.7. The van der Waals surface area contributed by atoms with Gasteiger partial charge in [-0.2, -0.15) is 4.98 Å². The molecule has 5 heterocycles. The number of amides is 2. The lowest BCUT2D eigenvalue weighted by atomic mass is 9.98. The summed E-state index contributed by atoms with van der Waals surface area (Å²) in [6, 6.07) is 19.7. The van der Waals surface area contributed by atoms with Crippen molar-refractivity contribution in [1.29, 1.82) is 0 Å². The van der Waals surface area contributed by atoms with Gasteiger partial charge in [-0.15, -0.1) is 0 Å². The van der Waals surface area contributed by atoms with Crippen LogP contribution >= 0.6 is 18.7 Å². The number of aryl methyl sites for hydroxylation is 1. The molecule has 4 aliphatic heterocycles. The minimum Gasteiger partial charge on any atom is -0.494 e. The molecule has 3 aromatic carbocycles. The molecule has 3 N–H and O–H groups in total. The zero-order valence-electron chi connectivity index (χ0n) is 35.0. The predicted octanol–water partition coefficient (Wildman–Crippen LogP) is 5.89. The van der Waals surface area contributed by atoms with Gasteiger partial charge in [-0.3, -0.25) is 19.8 Å². The van der Waals surface area contributed by atoms with Crippen molar-refractivity contribution < 1.29 is 23.7 Å². The second-order valence-corrected chi connectivity index (χ2v) is 20.2. The van der Waals surface area contributed by atoms with E-state index in [9.17, 15) is 18.9 Å². The molecule has 4 aliphatic rings. The highest BCUT2D eigenvalue weighted by Crippen LogP contribution is 2.40. The average molecular weight is 866 g/mol. The van der Waals surface area contributed by atoms with Gasteiger partial charge in [-0.05, 0) is 87.4 Å². The summed E-state index contributed by atoms with van der Waals surface area (Å²) in [7, 11) is -0.890. The number of hydrogen-bond acceptors (Lipinski definition) is 13. The molecule has 0 bridgehead atoms. The first-order valence-corrected chi connectivity index (χ1v) is 24.0. The van der Waals surface area contributed by atoms with Crippen molar-refractivity contribution in [2.24, 2.45) is 0 Å². The highest BCUT2D eigenvalue weighted by Gasteiger charge is 2.38. The van der Waals surface area contributed by atoms with Gasteiger partial charge in [0.2, 0.25) is 17.8 Å². The Morgan fingerprint density at radius 1 is 0.951 bits per heavy atom. The number of nitrogens with one attached hydrogen (secondary N) is 3. The molecule has 3 saturated heterocycles. The maximum Gasteiger partial charge on any atom is 0.249 e. The number of para-hydroxylation sites is 1. The molecule has 1 unspecified atom stereocenters. The second kappa shape index (κ2) is 18.4. The fourth-order valence-corrected chi connectivity index (χ4v) is 10.5. The number of fused-ring (bicyclic) bond motifs is 1. The van der Waals surface area contributed by atoms with Crippen LogP contribution in [0.4, 0.5) is 28.8 Å². The molecular formula is C45H53ClN9O5P. The Morgan fingerprint density at radius 2 is 1.74 bits per heavy atom. The molecule has 8 rings (SSSR count). The van der Waals surface area contributed by atoms with Crippen LogP contribution < -0.4 is 30.9 Å². The van der Waals surface area contributed by atoms with Crippen LogP contribution in [0, 0.1) is 0 Å². The number of halogens is 1. The third-order valence-electron chi connectivity index (χ3n) is 12.4.